The highest BCUT2D eigenvalue weighted by molar-refractivity contribution is 5.94. The molecule has 1 aromatic carbocycles. The first kappa shape index (κ1) is 17.0. The maximum atomic E-state index is 14.0. The Labute approximate surface area is 133 Å². The summed E-state index contributed by atoms with van der Waals surface area (Å²) in [5.74, 6) is -1.92. The molecule has 0 aliphatic rings. The van der Waals surface area contributed by atoms with Crippen molar-refractivity contribution in [1.29, 1.82) is 0 Å². The van der Waals surface area contributed by atoms with Crippen LogP contribution in [0.3, 0.4) is 0 Å². The summed E-state index contributed by atoms with van der Waals surface area (Å²) in [6.07, 6.45) is 3.25. The van der Waals surface area contributed by atoms with E-state index in [1.54, 1.807) is 18.5 Å². The molecular formula is C17H18F2N2O2. The summed E-state index contributed by atoms with van der Waals surface area (Å²) in [6.45, 7) is 2.25. The van der Waals surface area contributed by atoms with Crippen LogP contribution in [0.15, 0.2) is 36.7 Å². The summed E-state index contributed by atoms with van der Waals surface area (Å²) in [5, 5.41) is 0. The average Bonchev–Trinajstić information content (AvgIpc) is 2.55. The molecule has 2 aromatic rings. The minimum atomic E-state index is -0.734. The van der Waals surface area contributed by atoms with Gasteiger partial charge in [0, 0.05) is 32.6 Å². The Morgan fingerprint density at radius 3 is 2.74 bits per heavy atom. The summed E-state index contributed by atoms with van der Waals surface area (Å²) in [6, 6.07) is 5.53. The van der Waals surface area contributed by atoms with Gasteiger partial charge >= 0.3 is 0 Å². The van der Waals surface area contributed by atoms with Gasteiger partial charge in [0.15, 0.2) is 0 Å². The zero-order valence-electron chi connectivity index (χ0n) is 13.1. The number of carbonyl (C=O) groups excluding carboxylic acids is 1. The van der Waals surface area contributed by atoms with Crippen molar-refractivity contribution in [2.24, 2.45) is 0 Å². The number of aryl methyl sites for hydroxylation is 1. The largest absolute Gasteiger partial charge is 0.383 e. The Bertz CT molecular complexity index is 678. The highest BCUT2D eigenvalue weighted by Gasteiger charge is 2.21. The maximum absolute atomic E-state index is 14.0. The lowest BCUT2D eigenvalue weighted by molar-refractivity contribution is 0.0675. The highest BCUT2D eigenvalue weighted by Crippen LogP contribution is 2.17. The van der Waals surface area contributed by atoms with E-state index in [1.165, 1.54) is 18.9 Å². The van der Waals surface area contributed by atoms with Crippen LogP contribution in [0.1, 0.15) is 21.5 Å². The first-order chi connectivity index (χ1) is 11.0. The SMILES string of the molecule is COCCN(Cc1cccnc1)C(=O)c1cc(F)c(C)cc1F. The number of benzene rings is 1. The number of hydrogen-bond donors (Lipinski definition) is 0. The van der Waals surface area contributed by atoms with Crippen molar-refractivity contribution in [3.63, 3.8) is 0 Å². The van der Waals surface area contributed by atoms with Gasteiger partial charge < -0.3 is 9.64 Å². The average molecular weight is 320 g/mol. The van der Waals surface area contributed by atoms with Crippen molar-refractivity contribution in [3.05, 3.63) is 65.0 Å². The van der Waals surface area contributed by atoms with Crippen molar-refractivity contribution < 1.29 is 18.3 Å². The molecule has 4 nitrogen and oxygen atoms in total. The molecule has 0 fully saturated rings. The molecule has 1 aromatic heterocycles. The van der Waals surface area contributed by atoms with Crippen molar-refractivity contribution in [2.45, 2.75) is 13.5 Å². The summed E-state index contributed by atoms with van der Waals surface area (Å²) >= 11 is 0. The topological polar surface area (TPSA) is 42.4 Å². The first-order valence-electron chi connectivity index (χ1n) is 7.15. The summed E-state index contributed by atoms with van der Waals surface area (Å²) < 4.78 is 32.7. The Morgan fingerprint density at radius 2 is 2.09 bits per heavy atom. The number of nitrogens with zero attached hydrogens (tertiary/aromatic N) is 2. The molecule has 0 aliphatic carbocycles. The Kier molecular flexibility index (Phi) is 5.76. The first-order valence-corrected chi connectivity index (χ1v) is 7.15. The third-order valence-electron chi connectivity index (χ3n) is 3.43. The van der Waals surface area contributed by atoms with Gasteiger partial charge in [-0.25, -0.2) is 8.78 Å². The molecule has 122 valence electrons. The Hall–Kier alpha value is -2.34. The smallest absolute Gasteiger partial charge is 0.257 e. The van der Waals surface area contributed by atoms with Gasteiger partial charge in [0.05, 0.1) is 12.2 Å². The van der Waals surface area contributed by atoms with Crippen molar-refractivity contribution in [3.8, 4) is 0 Å². The summed E-state index contributed by atoms with van der Waals surface area (Å²) in [4.78, 5) is 18.0. The van der Waals surface area contributed by atoms with E-state index in [9.17, 15) is 13.6 Å². The molecule has 0 aliphatic heterocycles. The van der Waals surface area contributed by atoms with Gasteiger partial charge in [0.1, 0.15) is 11.6 Å². The van der Waals surface area contributed by atoms with Crippen molar-refractivity contribution in [2.75, 3.05) is 20.3 Å². The molecule has 0 saturated carbocycles. The molecule has 0 N–H and O–H groups in total. The van der Waals surface area contributed by atoms with Gasteiger partial charge in [-0.1, -0.05) is 6.07 Å². The molecule has 0 atom stereocenters. The molecule has 6 heteroatoms. The number of ether oxygens (including phenoxy) is 1. The second-order valence-electron chi connectivity index (χ2n) is 5.16. The number of pyridine rings is 1. The molecule has 1 amide bonds. The third kappa shape index (κ3) is 4.32. The molecular weight excluding hydrogens is 302 g/mol. The molecule has 1 heterocycles. The zero-order valence-corrected chi connectivity index (χ0v) is 13.1. The van der Waals surface area contributed by atoms with E-state index >= 15 is 0 Å². The van der Waals surface area contributed by atoms with E-state index in [0.717, 1.165) is 17.7 Å². The lowest BCUT2D eigenvalue weighted by Crippen LogP contribution is -2.34. The number of aromatic nitrogens is 1. The van der Waals surface area contributed by atoms with E-state index in [2.05, 4.69) is 4.98 Å². The quantitative estimate of drug-likeness (QED) is 0.822. The molecule has 0 saturated heterocycles. The predicted octanol–water partition coefficient (Wildman–Crippen LogP) is 2.96. The fourth-order valence-electron chi connectivity index (χ4n) is 2.15. The van der Waals surface area contributed by atoms with Crippen LogP contribution in [0, 0.1) is 18.6 Å². The number of amides is 1. The van der Waals surface area contributed by atoms with E-state index < -0.39 is 17.5 Å². The van der Waals surface area contributed by atoms with Gasteiger partial charge in [0.2, 0.25) is 0 Å². The molecule has 0 spiro atoms. The molecule has 0 unspecified atom stereocenters. The van der Waals surface area contributed by atoms with Crippen LogP contribution in [0.5, 0.6) is 0 Å². The normalized spacial score (nSPS) is 10.6. The Balaban J connectivity index is 2.27. The fraction of sp³-hybridized carbons (Fsp3) is 0.294. The minimum absolute atomic E-state index is 0.162. The van der Waals surface area contributed by atoms with Gasteiger partial charge in [-0.15, -0.1) is 0 Å². The number of hydrogen-bond acceptors (Lipinski definition) is 3. The lowest BCUT2D eigenvalue weighted by Gasteiger charge is -2.23. The number of carbonyl (C=O) groups is 1. The van der Waals surface area contributed by atoms with Crippen molar-refractivity contribution in [1.82, 2.24) is 9.88 Å². The van der Waals surface area contributed by atoms with Gasteiger partial charge in [-0.2, -0.15) is 0 Å². The molecule has 2 rings (SSSR count). The second kappa shape index (κ2) is 7.78. The fourth-order valence-corrected chi connectivity index (χ4v) is 2.15. The van der Waals surface area contributed by atoms with Crippen LogP contribution in [0.2, 0.25) is 0 Å². The monoisotopic (exact) mass is 320 g/mol. The van der Waals surface area contributed by atoms with Crippen LogP contribution in [0.25, 0.3) is 0 Å². The maximum Gasteiger partial charge on any atom is 0.257 e. The molecule has 0 radical (unpaired) electrons. The van der Waals surface area contributed by atoms with E-state index in [1.807, 2.05) is 6.07 Å². The number of halogens is 2. The van der Waals surface area contributed by atoms with Crippen LogP contribution in [0.4, 0.5) is 8.78 Å². The van der Waals surface area contributed by atoms with Gasteiger partial charge in [-0.05, 0) is 36.2 Å². The second-order valence-corrected chi connectivity index (χ2v) is 5.16. The third-order valence-corrected chi connectivity index (χ3v) is 3.43. The number of rotatable bonds is 6. The van der Waals surface area contributed by atoms with Crippen LogP contribution in [-0.2, 0) is 11.3 Å². The van der Waals surface area contributed by atoms with Gasteiger partial charge in [0.25, 0.3) is 5.91 Å². The minimum Gasteiger partial charge on any atom is -0.383 e. The summed E-state index contributed by atoms with van der Waals surface area (Å²) in [7, 11) is 1.51. The highest BCUT2D eigenvalue weighted by atomic mass is 19.1. The lowest BCUT2D eigenvalue weighted by atomic mass is 10.1. The van der Waals surface area contributed by atoms with E-state index in [-0.39, 0.29) is 24.2 Å². The van der Waals surface area contributed by atoms with Crippen molar-refractivity contribution >= 4 is 5.91 Å². The zero-order chi connectivity index (χ0) is 16.8. The standard InChI is InChI=1S/C17H18F2N2O2/c1-12-8-16(19)14(9-15(12)18)17(22)21(6-7-23-2)11-13-4-3-5-20-10-13/h3-5,8-10H,6-7,11H2,1-2H3. The summed E-state index contributed by atoms with van der Waals surface area (Å²) in [5.41, 5.74) is 0.674. The van der Waals surface area contributed by atoms with Gasteiger partial charge in [-0.3, -0.25) is 9.78 Å². The molecule has 23 heavy (non-hydrogen) atoms. The number of methoxy groups -OCH3 is 1. The van der Waals surface area contributed by atoms with Crippen LogP contribution in [-0.4, -0.2) is 36.1 Å². The Morgan fingerprint density at radius 1 is 1.30 bits per heavy atom. The van der Waals surface area contributed by atoms with Crippen LogP contribution >= 0.6 is 0 Å². The molecule has 0 bridgehead atoms. The van der Waals surface area contributed by atoms with Crippen LogP contribution < -0.4 is 0 Å². The van der Waals surface area contributed by atoms with E-state index in [0.29, 0.717) is 6.61 Å². The predicted molar refractivity (Wildman–Crippen MR) is 81.9 cm³/mol. The van der Waals surface area contributed by atoms with E-state index in [4.69, 9.17) is 4.74 Å².